The Morgan fingerprint density at radius 3 is 2.57 bits per heavy atom. The van der Waals surface area contributed by atoms with Crippen molar-refractivity contribution in [2.75, 3.05) is 31.1 Å². The summed E-state index contributed by atoms with van der Waals surface area (Å²) in [6, 6.07) is 4.17. The lowest BCUT2D eigenvalue weighted by molar-refractivity contribution is 0.434. The van der Waals surface area contributed by atoms with Crippen molar-refractivity contribution in [1.82, 2.24) is 9.62 Å². The zero-order valence-electron chi connectivity index (χ0n) is 11.8. The van der Waals surface area contributed by atoms with Crippen molar-refractivity contribution in [3.63, 3.8) is 0 Å². The largest absolute Gasteiger partial charge is 0.313 e. The average Bonchev–Trinajstić information content (AvgIpc) is 2.45. The minimum Gasteiger partial charge on any atom is -0.313 e. The first-order chi connectivity index (χ1) is 9.95. The molecule has 21 heavy (non-hydrogen) atoms. The van der Waals surface area contributed by atoms with Crippen LogP contribution in [0.4, 0.5) is 4.39 Å². The van der Waals surface area contributed by atoms with E-state index in [0.717, 1.165) is 6.54 Å². The minimum absolute atomic E-state index is 0.174. The lowest BCUT2D eigenvalue weighted by Crippen LogP contribution is -2.42. The van der Waals surface area contributed by atoms with E-state index in [4.69, 9.17) is 0 Å². The Labute approximate surface area is 127 Å². The van der Waals surface area contributed by atoms with Crippen molar-refractivity contribution in [3.05, 3.63) is 29.6 Å². The average molecular weight is 334 g/mol. The van der Waals surface area contributed by atoms with Crippen molar-refractivity contribution in [1.29, 1.82) is 0 Å². The second-order valence-electron chi connectivity index (χ2n) is 4.80. The first-order valence-electron chi connectivity index (χ1n) is 6.79. The Bertz CT molecular complexity index is 624. The third-order valence-electron chi connectivity index (χ3n) is 3.33. The fourth-order valence-electron chi connectivity index (χ4n) is 2.13. The molecule has 0 amide bonds. The van der Waals surface area contributed by atoms with E-state index < -0.39 is 26.6 Å². The molecule has 0 aliphatic carbocycles. The number of sulfonamides is 1. The summed E-state index contributed by atoms with van der Waals surface area (Å²) in [7, 11) is -4.82. The molecule has 1 aliphatic rings. The predicted molar refractivity (Wildman–Crippen MR) is 80.4 cm³/mol. The molecule has 1 N–H and O–H groups in total. The molecule has 8 heteroatoms. The van der Waals surface area contributed by atoms with E-state index in [9.17, 15) is 17.0 Å². The van der Waals surface area contributed by atoms with Gasteiger partial charge in [0.15, 0.2) is 0 Å². The molecule has 1 saturated heterocycles. The number of hydrogen-bond acceptors (Lipinski definition) is 4. The van der Waals surface area contributed by atoms with Crippen LogP contribution >= 0.6 is 0 Å². The van der Waals surface area contributed by atoms with Crippen LogP contribution in [0.15, 0.2) is 23.1 Å². The summed E-state index contributed by atoms with van der Waals surface area (Å²) in [5, 5.41) is 3.06. The molecule has 118 valence electrons. The number of benzene rings is 1. The maximum Gasteiger partial charge on any atom is 0.246 e. The summed E-state index contributed by atoms with van der Waals surface area (Å²) < 4.78 is 51.4. The Kier molecular flexibility index (Phi) is 5.48. The van der Waals surface area contributed by atoms with Crippen LogP contribution in [-0.2, 0) is 27.4 Å². The summed E-state index contributed by atoms with van der Waals surface area (Å²) >= 11 is 0. The Balaban J connectivity index is 2.22. The Morgan fingerprint density at radius 2 is 2.00 bits per heavy atom. The summed E-state index contributed by atoms with van der Waals surface area (Å²) in [5.41, 5.74) is 0.702. The molecular weight excluding hydrogens is 315 g/mol. The van der Waals surface area contributed by atoms with Gasteiger partial charge in [-0.05, 0) is 24.2 Å². The molecule has 0 unspecified atom stereocenters. The van der Waals surface area contributed by atoms with Crippen molar-refractivity contribution >= 4 is 20.8 Å². The maximum atomic E-state index is 14.1. The second-order valence-corrected chi connectivity index (χ2v) is 8.40. The van der Waals surface area contributed by atoms with Gasteiger partial charge < -0.3 is 5.32 Å². The molecule has 0 radical (unpaired) electrons. The Morgan fingerprint density at radius 1 is 1.33 bits per heavy atom. The topological polar surface area (TPSA) is 66.5 Å². The summed E-state index contributed by atoms with van der Waals surface area (Å²) in [5.74, 6) is -0.129. The summed E-state index contributed by atoms with van der Waals surface area (Å²) in [4.78, 5) is -0.310. The van der Waals surface area contributed by atoms with E-state index in [0.29, 0.717) is 23.6 Å². The molecule has 1 aromatic carbocycles. The van der Waals surface area contributed by atoms with Gasteiger partial charge >= 0.3 is 0 Å². The van der Waals surface area contributed by atoms with Gasteiger partial charge in [-0.3, -0.25) is 4.21 Å². The van der Waals surface area contributed by atoms with Gasteiger partial charge in [0.25, 0.3) is 0 Å². The van der Waals surface area contributed by atoms with Gasteiger partial charge in [0.2, 0.25) is 10.0 Å². The fourth-order valence-corrected chi connectivity index (χ4v) is 4.90. The van der Waals surface area contributed by atoms with Gasteiger partial charge in [-0.15, -0.1) is 0 Å². The van der Waals surface area contributed by atoms with Crippen molar-refractivity contribution in [3.8, 4) is 0 Å². The molecule has 1 aromatic rings. The van der Waals surface area contributed by atoms with Gasteiger partial charge in [0.1, 0.15) is 10.7 Å². The highest BCUT2D eigenvalue weighted by Gasteiger charge is 2.30. The minimum atomic E-state index is -3.85. The van der Waals surface area contributed by atoms with Crippen molar-refractivity contribution < 1.29 is 17.0 Å². The molecule has 5 nitrogen and oxygen atoms in total. The fraction of sp³-hybridized carbons (Fsp3) is 0.538. The van der Waals surface area contributed by atoms with Crippen LogP contribution in [0.5, 0.6) is 0 Å². The third-order valence-corrected chi connectivity index (χ3v) is 6.54. The Hall–Kier alpha value is -0.830. The van der Waals surface area contributed by atoms with Gasteiger partial charge in [-0.2, -0.15) is 4.31 Å². The molecule has 2 rings (SSSR count). The quantitative estimate of drug-likeness (QED) is 0.860. The van der Waals surface area contributed by atoms with Gasteiger partial charge in [0.05, 0.1) is 0 Å². The SMILES string of the molecule is CCNCc1ccc(S(=O)(=O)N2CCS(=O)CC2)c(F)c1. The van der Waals surface area contributed by atoms with E-state index in [2.05, 4.69) is 5.32 Å². The summed E-state index contributed by atoms with van der Waals surface area (Å²) in [6.45, 7) is 3.54. The van der Waals surface area contributed by atoms with Gasteiger partial charge in [-0.1, -0.05) is 13.0 Å². The van der Waals surface area contributed by atoms with Crippen LogP contribution in [0.1, 0.15) is 12.5 Å². The zero-order valence-corrected chi connectivity index (χ0v) is 13.5. The first kappa shape index (κ1) is 16.5. The van der Waals surface area contributed by atoms with E-state index in [-0.39, 0.29) is 18.0 Å². The van der Waals surface area contributed by atoms with Crippen LogP contribution in [0, 0.1) is 5.82 Å². The lowest BCUT2D eigenvalue weighted by atomic mass is 10.2. The zero-order chi connectivity index (χ0) is 15.5. The normalized spacial score (nSPS) is 18.0. The van der Waals surface area contributed by atoms with E-state index in [1.165, 1.54) is 16.4 Å². The van der Waals surface area contributed by atoms with Crippen molar-refractivity contribution in [2.45, 2.75) is 18.4 Å². The number of halogens is 1. The van der Waals surface area contributed by atoms with Crippen LogP contribution < -0.4 is 5.32 Å². The lowest BCUT2D eigenvalue weighted by Gasteiger charge is -2.25. The van der Waals surface area contributed by atoms with Gasteiger partial charge in [0, 0.05) is 41.9 Å². The van der Waals surface area contributed by atoms with Crippen LogP contribution in [-0.4, -0.2) is 48.1 Å². The molecule has 0 saturated carbocycles. The number of hydrogen-bond donors (Lipinski definition) is 1. The van der Waals surface area contributed by atoms with Gasteiger partial charge in [-0.25, -0.2) is 12.8 Å². The second kappa shape index (κ2) is 6.95. The van der Waals surface area contributed by atoms with Crippen LogP contribution in [0.2, 0.25) is 0 Å². The van der Waals surface area contributed by atoms with E-state index in [1.54, 1.807) is 6.07 Å². The number of nitrogens with zero attached hydrogens (tertiary/aromatic N) is 1. The number of rotatable bonds is 5. The molecule has 1 aliphatic heterocycles. The third kappa shape index (κ3) is 3.88. The molecule has 1 fully saturated rings. The molecule has 0 aromatic heterocycles. The first-order valence-corrected chi connectivity index (χ1v) is 9.72. The molecule has 0 bridgehead atoms. The molecule has 0 atom stereocenters. The standard InChI is InChI=1S/C13H19FN2O3S2/c1-2-15-10-11-3-4-13(12(14)9-11)21(18,19)16-5-7-20(17)8-6-16/h3-4,9,15H,2,5-8,10H2,1H3. The molecule has 0 spiro atoms. The summed E-state index contributed by atoms with van der Waals surface area (Å²) in [6.07, 6.45) is 0. The van der Waals surface area contributed by atoms with Crippen molar-refractivity contribution in [2.24, 2.45) is 0 Å². The van der Waals surface area contributed by atoms with Crippen LogP contribution in [0.25, 0.3) is 0 Å². The van der Waals surface area contributed by atoms with E-state index in [1.807, 2.05) is 6.92 Å². The highest BCUT2D eigenvalue weighted by Crippen LogP contribution is 2.21. The highest BCUT2D eigenvalue weighted by atomic mass is 32.2. The number of nitrogens with one attached hydrogen (secondary N) is 1. The molecular formula is C13H19FN2O3S2. The predicted octanol–water partition coefficient (Wildman–Crippen LogP) is 0.688. The molecule has 1 heterocycles. The monoisotopic (exact) mass is 334 g/mol. The highest BCUT2D eigenvalue weighted by molar-refractivity contribution is 7.89. The maximum absolute atomic E-state index is 14.1. The van der Waals surface area contributed by atoms with Crippen LogP contribution in [0.3, 0.4) is 0 Å². The van der Waals surface area contributed by atoms with E-state index >= 15 is 0 Å². The smallest absolute Gasteiger partial charge is 0.246 e.